The van der Waals surface area contributed by atoms with Crippen molar-refractivity contribution in [3.05, 3.63) is 23.8 Å². The summed E-state index contributed by atoms with van der Waals surface area (Å²) >= 11 is 0. The maximum atomic E-state index is 5.72. The van der Waals surface area contributed by atoms with Gasteiger partial charge in [-0.2, -0.15) is 0 Å². The van der Waals surface area contributed by atoms with E-state index in [0.29, 0.717) is 25.7 Å². The molecule has 0 aliphatic carbocycles. The first kappa shape index (κ1) is 10.3. The quantitative estimate of drug-likeness (QED) is 0.823. The molecule has 2 N–H and O–H groups in total. The third kappa shape index (κ3) is 2.07. The second kappa shape index (κ2) is 4.53. The van der Waals surface area contributed by atoms with E-state index in [4.69, 9.17) is 15.2 Å². The minimum atomic E-state index is 0.417. The van der Waals surface area contributed by atoms with Crippen LogP contribution in [0.25, 0.3) is 0 Å². The Bertz CT molecular complexity index is 334. The van der Waals surface area contributed by atoms with E-state index in [2.05, 4.69) is 19.1 Å². The lowest BCUT2D eigenvalue weighted by atomic mass is 9.96. The summed E-state index contributed by atoms with van der Waals surface area (Å²) in [4.78, 5) is 0. The van der Waals surface area contributed by atoms with Crippen molar-refractivity contribution in [2.45, 2.75) is 19.3 Å². The number of ether oxygens (including phenoxy) is 2. The number of hydrogen-bond donors (Lipinski definition) is 1. The first-order valence-corrected chi connectivity index (χ1v) is 5.44. The van der Waals surface area contributed by atoms with Crippen LogP contribution in [-0.4, -0.2) is 19.8 Å². The molecule has 0 aromatic heterocycles. The van der Waals surface area contributed by atoms with Crippen molar-refractivity contribution >= 4 is 0 Å². The summed E-state index contributed by atoms with van der Waals surface area (Å²) in [5, 5.41) is 0. The van der Waals surface area contributed by atoms with Crippen molar-refractivity contribution in [3.8, 4) is 11.5 Å². The molecule has 1 aliphatic heterocycles. The Hall–Kier alpha value is -1.22. The first-order valence-electron chi connectivity index (χ1n) is 5.44. The zero-order chi connectivity index (χ0) is 10.7. The van der Waals surface area contributed by atoms with Gasteiger partial charge in [0, 0.05) is 0 Å². The third-order valence-electron chi connectivity index (χ3n) is 2.81. The summed E-state index contributed by atoms with van der Waals surface area (Å²) in [6, 6.07) is 6.10. The Morgan fingerprint density at radius 2 is 2.00 bits per heavy atom. The van der Waals surface area contributed by atoms with Crippen LogP contribution >= 0.6 is 0 Å². The highest BCUT2D eigenvalue weighted by atomic mass is 16.6. The largest absolute Gasteiger partial charge is 0.486 e. The summed E-state index contributed by atoms with van der Waals surface area (Å²) in [6.07, 6.45) is 1.05. The van der Waals surface area contributed by atoms with Gasteiger partial charge in [0.2, 0.25) is 0 Å². The van der Waals surface area contributed by atoms with Gasteiger partial charge >= 0.3 is 0 Å². The van der Waals surface area contributed by atoms with Gasteiger partial charge in [-0.3, -0.25) is 0 Å². The predicted molar refractivity (Wildman–Crippen MR) is 59.5 cm³/mol. The molecule has 1 aliphatic rings. The molecule has 15 heavy (non-hydrogen) atoms. The maximum absolute atomic E-state index is 5.72. The summed E-state index contributed by atoms with van der Waals surface area (Å²) in [5.41, 5.74) is 6.96. The van der Waals surface area contributed by atoms with Crippen LogP contribution in [0.15, 0.2) is 18.2 Å². The molecule has 3 heteroatoms. The minimum Gasteiger partial charge on any atom is -0.486 e. The fourth-order valence-corrected chi connectivity index (χ4v) is 1.85. The highest BCUT2D eigenvalue weighted by Gasteiger charge is 2.14. The van der Waals surface area contributed by atoms with Gasteiger partial charge in [0.15, 0.2) is 11.5 Å². The summed E-state index contributed by atoms with van der Waals surface area (Å²) < 4.78 is 11.0. The van der Waals surface area contributed by atoms with Crippen LogP contribution in [0.5, 0.6) is 11.5 Å². The summed E-state index contributed by atoms with van der Waals surface area (Å²) in [5.74, 6) is 2.11. The van der Waals surface area contributed by atoms with Crippen molar-refractivity contribution in [3.63, 3.8) is 0 Å². The number of hydrogen-bond acceptors (Lipinski definition) is 3. The molecule has 0 amide bonds. The molecule has 0 saturated carbocycles. The smallest absolute Gasteiger partial charge is 0.161 e. The lowest BCUT2D eigenvalue weighted by Gasteiger charge is -2.20. The summed E-state index contributed by atoms with van der Waals surface area (Å²) in [6.45, 7) is 4.10. The zero-order valence-corrected chi connectivity index (χ0v) is 9.03. The van der Waals surface area contributed by atoms with Gasteiger partial charge in [-0.1, -0.05) is 13.0 Å². The Morgan fingerprint density at radius 1 is 1.27 bits per heavy atom. The molecule has 3 nitrogen and oxygen atoms in total. The van der Waals surface area contributed by atoms with Crippen molar-refractivity contribution in [2.24, 2.45) is 5.73 Å². The van der Waals surface area contributed by atoms with Crippen LogP contribution in [0.2, 0.25) is 0 Å². The van der Waals surface area contributed by atoms with Gasteiger partial charge in [0.1, 0.15) is 13.2 Å². The molecule has 1 atom stereocenters. The van der Waals surface area contributed by atoms with Crippen molar-refractivity contribution in [1.29, 1.82) is 0 Å². The molecule has 1 aromatic carbocycles. The molecule has 1 unspecified atom stereocenters. The normalized spacial score (nSPS) is 16.1. The van der Waals surface area contributed by atoms with Crippen LogP contribution in [0.4, 0.5) is 0 Å². The average Bonchev–Trinajstić information content (AvgIpc) is 2.30. The van der Waals surface area contributed by atoms with E-state index in [9.17, 15) is 0 Å². The minimum absolute atomic E-state index is 0.417. The molecule has 0 radical (unpaired) electrons. The van der Waals surface area contributed by atoms with Gasteiger partial charge in [-0.25, -0.2) is 0 Å². The SMILES string of the molecule is CCC(CN)c1ccc2c(c1)OCCO2. The van der Waals surface area contributed by atoms with E-state index < -0.39 is 0 Å². The lowest BCUT2D eigenvalue weighted by molar-refractivity contribution is 0.171. The topological polar surface area (TPSA) is 44.5 Å². The Kier molecular flexibility index (Phi) is 3.11. The van der Waals surface area contributed by atoms with E-state index >= 15 is 0 Å². The van der Waals surface area contributed by atoms with Crippen LogP contribution in [-0.2, 0) is 0 Å². The van der Waals surface area contributed by atoms with Gasteiger partial charge in [0.25, 0.3) is 0 Å². The molecule has 0 fully saturated rings. The van der Waals surface area contributed by atoms with Crippen LogP contribution in [0, 0.1) is 0 Å². The monoisotopic (exact) mass is 207 g/mol. The second-order valence-electron chi connectivity index (χ2n) is 3.74. The van der Waals surface area contributed by atoms with Gasteiger partial charge in [-0.15, -0.1) is 0 Å². The van der Waals surface area contributed by atoms with Crippen LogP contribution < -0.4 is 15.2 Å². The fraction of sp³-hybridized carbons (Fsp3) is 0.500. The van der Waals surface area contributed by atoms with E-state index in [1.165, 1.54) is 5.56 Å². The highest BCUT2D eigenvalue weighted by Crippen LogP contribution is 2.33. The molecular formula is C12H17NO2. The number of fused-ring (bicyclic) bond motifs is 1. The molecule has 2 rings (SSSR count). The fourth-order valence-electron chi connectivity index (χ4n) is 1.85. The van der Waals surface area contributed by atoms with Crippen LogP contribution in [0.3, 0.4) is 0 Å². The van der Waals surface area contributed by atoms with Gasteiger partial charge in [-0.05, 0) is 36.6 Å². The van der Waals surface area contributed by atoms with E-state index in [1.54, 1.807) is 0 Å². The molecule has 82 valence electrons. The highest BCUT2D eigenvalue weighted by molar-refractivity contribution is 5.44. The van der Waals surface area contributed by atoms with E-state index in [0.717, 1.165) is 17.9 Å². The van der Waals surface area contributed by atoms with Gasteiger partial charge in [0.05, 0.1) is 0 Å². The van der Waals surface area contributed by atoms with Crippen molar-refractivity contribution in [2.75, 3.05) is 19.8 Å². The molecule has 0 spiro atoms. The standard InChI is InChI=1S/C12H17NO2/c1-2-9(8-13)10-3-4-11-12(7-10)15-6-5-14-11/h3-4,7,9H,2,5-6,8,13H2,1H3. The lowest BCUT2D eigenvalue weighted by Crippen LogP contribution is -2.16. The molecule has 1 aromatic rings. The third-order valence-corrected chi connectivity index (χ3v) is 2.81. The van der Waals surface area contributed by atoms with E-state index in [-0.39, 0.29) is 0 Å². The predicted octanol–water partition coefficient (Wildman–Crippen LogP) is 1.91. The Morgan fingerprint density at radius 3 is 2.67 bits per heavy atom. The molecule has 0 bridgehead atoms. The Balaban J connectivity index is 2.27. The first-order chi connectivity index (χ1) is 7.35. The average molecular weight is 207 g/mol. The number of benzene rings is 1. The van der Waals surface area contributed by atoms with Gasteiger partial charge < -0.3 is 15.2 Å². The van der Waals surface area contributed by atoms with E-state index in [1.807, 2.05) is 6.07 Å². The molecule has 1 heterocycles. The Labute approximate surface area is 90.2 Å². The maximum Gasteiger partial charge on any atom is 0.161 e. The van der Waals surface area contributed by atoms with Crippen LogP contribution in [0.1, 0.15) is 24.8 Å². The number of rotatable bonds is 3. The van der Waals surface area contributed by atoms with Crippen molar-refractivity contribution < 1.29 is 9.47 Å². The summed E-state index contributed by atoms with van der Waals surface area (Å²) in [7, 11) is 0. The zero-order valence-electron chi connectivity index (χ0n) is 9.03. The van der Waals surface area contributed by atoms with Crippen molar-refractivity contribution in [1.82, 2.24) is 0 Å². The number of nitrogens with two attached hydrogens (primary N) is 1. The molecular weight excluding hydrogens is 190 g/mol. The second-order valence-corrected chi connectivity index (χ2v) is 3.74. The molecule has 0 saturated heterocycles.